The Morgan fingerprint density at radius 3 is 2.76 bits per heavy atom. The fraction of sp³-hybridized carbons (Fsp3) is 0.438. The van der Waals surface area contributed by atoms with Crippen LogP contribution in [0.25, 0.3) is 11.0 Å². The fourth-order valence-corrected chi connectivity index (χ4v) is 2.67. The van der Waals surface area contributed by atoms with Crippen LogP contribution in [0.15, 0.2) is 34.7 Å². The number of ether oxygens (including phenoxy) is 1. The molecule has 2 aromatic rings. The minimum absolute atomic E-state index is 0.218. The molecule has 1 heterocycles. The summed E-state index contributed by atoms with van der Waals surface area (Å²) in [7, 11) is 0. The van der Waals surface area contributed by atoms with Crippen LogP contribution >= 0.6 is 11.8 Å². The second-order valence-electron chi connectivity index (χ2n) is 5.89. The largest absolute Gasteiger partial charge is 0.459 e. The van der Waals surface area contributed by atoms with E-state index in [4.69, 9.17) is 14.9 Å². The lowest BCUT2D eigenvalue weighted by molar-refractivity contribution is -0.151. The Hall–Kier alpha value is -1.46. The Morgan fingerprint density at radius 2 is 2.10 bits per heavy atom. The van der Waals surface area contributed by atoms with Crippen molar-refractivity contribution in [2.75, 3.05) is 11.5 Å². The van der Waals surface area contributed by atoms with E-state index >= 15 is 0 Å². The van der Waals surface area contributed by atoms with Crippen molar-refractivity contribution in [1.29, 1.82) is 0 Å². The minimum atomic E-state index is -0.446. The van der Waals surface area contributed by atoms with E-state index in [0.717, 1.165) is 16.7 Å². The van der Waals surface area contributed by atoms with Crippen molar-refractivity contribution < 1.29 is 13.9 Å². The monoisotopic (exact) mass is 307 g/mol. The van der Waals surface area contributed by atoms with Gasteiger partial charge in [-0.3, -0.25) is 4.79 Å². The van der Waals surface area contributed by atoms with E-state index in [2.05, 4.69) is 0 Å². The zero-order chi connectivity index (χ0) is 15.5. The molecule has 0 fully saturated rings. The number of furan rings is 1. The lowest BCUT2D eigenvalue weighted by Crippen LogP contribution is -2.25. The summed E-state index contributed by atoms with van der Waals surface area (Å²) in [6.07, 6.45) is 0. The van der Waals surface area contributed by atoms with Gasteiger partial charge in [0.1, 0.15) is 16.9 Å². The van der Waals surface area contributed by atoms with Gasteiger partial charge in [0.15, 0.2) is 0 Å². The molecule has 0 amide bonds. The average molecular weight is 307 g/mol. The van der Waals surface area contributed by atoms with Gasteiger partial charge in [-0.15, -0.1) is 11.8 Å². The first-order valence-corrected chi connectivity index (χ1v) is 8.04. The zero-order valence-corrected chi connectivity index (χ0v) is 13.4. The van der Waals surface area contributed by atoms with Crippen LogP contribution in [0.4, 0.5) is 0 Å². The van der Waals surface area contributed by atoms with E-state index in [1.54, 1.807) is 0 Å². The highest BCUT2D eigenvalue weighted by molar-refractivity contribution is 7.99. The summed E-state index contributed by atoms with van der Waals surface area (Å²) >= 11 is 1.46. The summed E-state index contributed by atoms with van der Waals surface area (Å²) in [4.78, 5) is 11.6. The van der Waals surface area contributed by atoms with Crippen molar-refractivity contribution in [2.45, 2.75) is 32.4 Å². The molecule has 1 aromatic heterocycles. The maximum Gasteiger partial charge on any atom is 0.316 e. The molecule has 2 rings (SSSR count). The van der Waals surface area contributed by atoms with Crippen molar-refractivity contribution in [3.63, 3.8) is 0 Å². The van der Waals surface area contributed by atoms with Crippen LogP contribution in [-0.2, 0) is 9.53 Å². The number of para-hydroxylation sites is 1. The Kier molecular flexibility index (Phi) is 4.96. The van der Waals surface area contributed by atoms with Gasteiger partial charge in [0, 0.05) is 11.1 Å². The molecule has 4 nitrogen and oxygen atoms in total. The van der Waals surface area contributed by atoms with E-state index in [-0.39, 0.29) is 12.0 Å². The van der Waals surface area contributed by atoms with E-state index < -0.39 is 5.60 Å². The molecule has 0 aliphatic heterocycles. The molecule has 21 heavy (non-hydrogen) atoms. The van der Waals surface area contributed by atoms with Gasteiger partial charge in [-0.05, 0) is 32.9 Å². The molecule has 0 saturated heterocycles. The van der Waals surface area contributed by atoms with Gasteiger partial charge >= 0.3 is 5.97 Å². The number of benzene rings is 1. The molecular formula is C16H21NO3S. The molecule has 0 saturated carbocycles. The van der Waals surface area contributed by atoms with E-state index in [1.807, 2.05) is 51.1 Å². The molecule has 1 aromatic carbocycles. The molecule has 2 N–H and O–H groups in total. The van der Waals surface area contributed by atoms with Gasteiger partial charge in [0.2, 0.25) is 0 Å². The molecule has 5 heteroatoms. The van der Waals surface area contributed by atoms with Gasteiger partial charge in [0.25, 0.3) is 0 Å². The van der Waals surface area contributed by atoms with Crippen molar-refractivity contribution in [1.82, 2.24) is 0 Å². The number of thioether (sulfide) groups is 1. The third-order valence-electron chi connectivity index (χ3n) is 2.75. The molecular weight excluding hydrogens is 286 g/mol. The Labute approximate surface area is 129 Å². The molecule has 0 aliphatic rings. The lowest BCUT2D eigenvalue weighted by Gasteiger charge is -2.19. The second-order valence-corrected chi connectivity index (χ2v) is 6.92. The summed E-state index contributed by atoms with van der Waals surface area (Å²) in [5.41, 5.74) is 6.49. The fourth-order valence-electron chi connectivity index (χ4n) is 1.91. The minimum Gasteiger partial charge on any atom is -0.459 e. The number of carbonyl (C=O) groups excluding carboxylic acids is 1. The quantitative estimate of drug-likeness (QED) is 0.856. The molecule has 114 valence electrons. The van der Waals surface area contributed by atoms with E-state index in [1.165, 1.54) is 11.8 Å². The Balaban J connectivity index is 1.84. The summed E-state index contributed by atoms with van der Waals surface area (Å²) in [6.45, 7) is 5.57. The topological polar surface area (TPSA) is 65.5 Å². The number of nitrogens with two attached hydrogens (primary N) is 1. The Bertz CT molecular complexity index is 582. The van der Waals surface area contributed by atoms with Crippen LogP contribution in [0.5, 0.6) is 0 Å². The second kappa shape index (κ2) is 6.54. The first kappa shape index (κ1) is 15.9. The van der Waals surface area contributed by atoms with Crippen molar-refractivity contribution in [2.24, 2.45) is 5.73 Å². The van der Waals surface area contributed by atoms with Gasteiger partial charge in [0.05, 0.1) is 11.8 Å². The predicted molar refractivity (Wildman–Crippen MR) is 86.3 cm³/mol. The number of carbonyl (C=O) groups is 1. The average Bonchev–Trinajstić information content (AvgIpc) is 2.80. The number of hydrogen-bond acceptors (Lipinski definition) is 5. The van der Waals surface area contributed by atoms with Crippen molar-refractivity contribution in [3.05, 3.63) is 36.1 Å². The molecule has 1 unspecified atom stereocenters. The third-order valence-corrected chi connectivity index (χ3v) is 3.78. The van der Waals surface area contributed by atoms with E-state index in [9.17, 15) is 4.79 Å². The zero-order valence-electron chi connectivity index (χ0n) is 12.6. The molecule has 0 aliphatic carbocycles. The van der Waals surface area contributed by atoms with Gasteiger partial charge in [-0.2, -0.15) is 0 Å². The number of hydrogen-bond donors (Lipinski definition) is 1. The highest BCUT2D eigenvalue weighted by Crippen LogP contribution is 2.24. The summed E-state index contributed by atoms with van der Waals surface area (Å²) in [6, 6.07) is 9.52. The smallest absolute Gasteiger partial charge is 0.316 e. The van der Waals surface area contributed by atoms with Gasteiger partial charge < -0.3 is 14.9 Å². The maximum atomic E-state index is 11.6. The van der Waals surface area contributed by atoms with Gasteiger partial charge in [-0.25, -0.2) is 0 Å². The van der Waals surface area contributed by atoms with E-state index in [0.29, 0.717) is 11.5 Å². The normalized spacial score (nSPS) is 13.3. The first-order chi connectivity index (χ1) is 9.85. The highest BCUT2D eigenvalue weighted by atomic mass is 32.2. The molecule has 0 bridgehead atoms. The number of fused-ring (bicyclic) bond motifs is 1. The molecule has 0 radical (unpaired) electrons. The SMILES string of the molecule is CC(C)(C)OC(=O)CSCC(N)c1cc2ccccc2o1. The Morgan fingerprint density at radius 1 is 1.38 bits per heavy atom. The lowest BCUT2D eigenvalue weighted by atomic mass is 10.2. The third kappa shape index (κ3) is 4.79. The molecule has 0 spiro atoms. The van der Waals surface area contributed by atoms with Crippen LogP contribution < -0.4 is 5.73 Å². The maximum absolute atomic E-state index is 11.6. The highest BCUT2D eigenvalue weighted by Gasteiger charge is 2.17. The van der Waals surface area contributed by atoms with Gasteiger partial charge in [-0.1, -0.05) is 18.2 Å². The van der Waals surface area contributed by atoms with Crippen molar-refractivity contribution >= 4 is 28.7 Å². The summed E-state index contributed by atoms with van der Waals surface area (Å²) < 4.78 is 11.0. The van der Waals surface area contributed by atoms with Crippen LogP contribution in [0.3, 0.4) is 0 Å². The van der Waals surface area contributed by atoms with Crippen LogP contribution in [0.2, 0.25) is 0 Å². The number of esters is 1. The summed E-state index contributed by atoms with van der Waals surface area (Å²) in [5, 5.41) is 1.04. The standard InChI is InChI=1S/C16H21NO3S/c1-16(2,3)20-15(18)10-21-9-12(17)14-8-11-6-4-5-7-13(11)19-14/h4-8,12H,9-10,17H2,1-3H3. The van der Waals surface area contributed by atoms with Crippen LogP contribution in [-0.4, -0.2) is 23.1 Å². The first-order valence-electron chi connectivity index (χ1n) is 6.89. The van der Waals surface area contributed by atoms with Crippen molar-refractivity contribution in [3.8, 4) is 0 Å². The number of rotatable bonds is 5. The molecule has 1 atom stereocenters. The predicted octanol–water partition coefficient (Wildman–Crippen LogP) is 3.51. The summed E-state index contributed by atoms with van der Waals surface area (Å²) in [5.74, 6) is 1.43. The van der Waals surface area contributed by atoms with Crippen LogP contribution in [0.1, 0.15) is 32.6 Å². The van der Waals surface area contributed by atoms with Crippen LogP contribution in [0, 0.1) is 0 Å².